The van der Waals surface area contributed by atoms with Crippen LogP contribution in [-0.4, -0.2) is 19.2 Å². The van der Waals surface area contributed by atoms with Gasteiger partial charge in [-0.25, -0.2) is 0 Å². The maximum Gasteiger partial charge on any atom is 0.129 e. The number of rotatable bonds is 5. The molecular weight excluding hydrogens is 290 g/mol. The van der Waals surface area contributed by atoms with Gasteiger partial charge in [0.1, 0.15) is 11.4 Å². The maximum absolute atomic E-state index is 6.55. The van der Waals surface area contributed by atoms with Gasteiger partial charge in [0.05, 0.1) is 0 Å². The molecular formula is C19H19NOS. The van der Waals surface area contributed by atoms with Crippen LogP contribution >= 0.6 is 11.3 Å². The molecule has 112 valence electrons. The first-order chi connectivity index (χ1) is 10.8. The fourth-order valence-corrected chi connectivity index (χ4v) is 4.04. The molecule has 2 atom stereocenters. The van der Waals surface area contributed by atoms with Gasteiger partial charge in [0, 0.05) is 17.8 Å². The smallest absolute Gasteiger partial charge is 0.129 e. The molecule has 1 aromatic heterocycles. The summed E-state index contributed by atoms with van der Waals surface area (Å²) in [6, 6.07) is 16.9. The van der Waals surface area contributed by atoms with Crippen LogP contribution in [0.3, 0.4) is 0 Å². The van der Waals surface area contributed by atoms with E-state index in [1.54, 1.807) is 11.3 Å². The fourth-order valence-electron chi connectivity index (χ4n) is 3.33. The topological polar surface area (TPSA) is 21.3 Å². The van der Waals surface area contributed by atoms with E-state index in [0.29, 0.717) is 5.92 Å². The van der Waals surface area contributed by atoms with E-state index in [9.17, 15) is 0 Å². The molecule has 1 saturated carbocycles. The predicted molar refractivity (Wildman–Crippen MR) is 92.9 cm³/mol. The van der Waals surface area contributed by atoms with E-state index < -0.39 is 0 Å². The molecule has 1 heterocycles. The molecule has 0 spiro atoms. The Morgan fingerprint density at radius 2 is 2.05 bits per heavy atom. The minimum Gasteiger partial charge on any atom is -0.485 e. The minimum atomic E-state index is -0.111. The first-order valence-corrected chi connectivity index (χ1v) is 8.60. The van der Waals surface area contributed by atoms with Crippen LogP contribution in [0.15, 0.2) is 59.3 Å². The third-order valence-electron chi connectivity index (χ3n) is 4.51. The first-order valence-electron chi connectivity index (χ1n) is 7.66. The van der Waals surface area contributed by atoms with Crippen molar-refractivity contribution >= 4 is 22.1 Å². The zero-order valence-electron chi connectivity index (χ0n) is 12.6. The van der Waals surface area contributed by atoms with Crippen molar-refractivity contribution < 1.29 is 4.74 Å². The van der Waals surface area contributed by atoms with Crippen LogP contribution in [0.4, 0.5) is 0 Å². The Bertz CT molecular complexity index is 778. The monoisotopic (exact) mass is 309 g/mol. The van der Waals surface area contributed by atoms with Crippen molar-refractivity contribution in [2.45, 2.75) is 17.9 Å². The van der Waals surface area contributed by atoms with Crippen molar-refractivity contribution in [1.29, 1.82) is 0 Å². The molecule has 0 aliphatic heterocycles. The van der Waals surface area contributed by atoms with E-state index in [4.69, 9.17) is 4.74 Å². The molecule has 1 N–H and O–H groups in total. The summed E-state index contributed by atoms with van der Waals surface area (Å²) in [5, 5.41) is 10.1. The Kier molecular flexibility index (Phi) is 3.40. The van der Waals surface area contributed by atoms with Crippen LogP contribution in [0, 0.1) is 0 Å². The molecule has 1 aliphatic rings. The van der Waals surface area contributed by atoms with E-state index in [0.717, 1.165) is 18.7 Å². The maximum atomic E-state index is 6.55. The molecule has 0 radical (unpaired) electrons. The van der Waals surface area contributed by atoms with Gasteiger partial charge in [-0.15, -0.1) is 0 Å². The van der Waals surface area contributed by atoms with Crippen LogP contribution in [-0.2, 0) is 0 Å². The zero-order chi connectivity index (χ0) is 15.0. The molecule has 3 aromatic rings. The summed E-state index contributed by atoms with van der Waals surface area (Å²) in [4.78, 5) is 0. The van der Waals surface area contributed by atoms with E-state index in [2.05, 4.69) is 64.6 Å². The van der Waals surface area contributed by atoms with E-state index in [1.807, 2.05) is 7.05 Å². The van der Waals surface area contributed by atoms with Crippen molar-refractivity contribution in [3.05, 3.63) is 64.9 Å². The number of hydrogen-bond donors (Lipinski definition) is 1. The molecule has 1 fully saturated rings. The first kappa shape index (κ1) is 13.8. The van der Waals surface area contributed by atoms with E-state index in [-0.39, 0.29) is 5.60 Å². The van der Waals surface area contributed by atoms with Crippen molar-refractivity contribution in [3.63, 3.8) is 0 Å². The lowest BCUT2D eigenvalue weighted by Gasteiger charge is -2.21. The van der Waals surface area contributed by atoms with Crippen LogP contribution in [0.1, 0.15) is 17.9 Å². The predicted octanol–water partition coefficient (Wildman–Crippen LogP) is 4.43. The van der Waals surface area contributed by atoms with Crippen molar-refractivity contribution in [3.8, 4) is 5.75 Å². The Balaban J connectivity index is 1.68. The second kappa shape index (κ2) is 5.41. The summed E-state index contributed by atoms with van der Waals surface area (Å²) in [5.74, 6) is 1.48. The van der Waals surface area contributed by atoms with Gasteiger partial charge >= 0.3 is 0 Å². The lowest BCUT2D eigenvalue weighted by molar-refractivity contribution is 0.174. The highest BCUT2D eigenvalue weighted by Gasteiger charge is 2.57. The summed E-state index contributed by atoms with van der Waals surface area (Å²) >= 11 is 1.76. The van der Waals surface area contributed by atoms with Crippen LogP contribution in [0.25, 0.3) is 10.8 Å². The number of ether oxygens (including phenoxy) is 1. The largest absolute Gasteiger partial charge is 0.485 e. The second-order valence-corrected chi connectivity index (χ2v) is 6.77. The number of nitrogens with one attached hydrogen (secondary N) is 1. The molecule has 3 heteroatoms. The Hall–Kier alpha value is -1.84. The lowest BCUT2D eigenvalue weighted by Crippen LogP contribution is -2.33. The van der Waals surface area contributed by atoms with Crippen LogP contribution in [0.5, 0.6) is 5.75 Å². The molecule has 2 nitrogen and oxygen atoms in total. The summed E-state index contributed by atoms with van der Waals surface area (Å²) < 4.78 is 6.55. The third-order valence-corrected chi connectivity index (χ3v) is 5.21. The summed E-state index contributed by atoms with van der Waals surface area (Å²) in [7, 11) is 2.00. The standard InChI is InChI=1S/C19H19NOS/c1-20-13-19(11-17(19)15-9-10-22-12-15)21-18-8-4-6-14-5-2-3-7-16(14)18/h2-10,12,17,20H,11,13H2,1H3/t17-,19+/m1/s1. The molecule has 0 unspecified atom stereocenters. The molecule has 4 rings (SSSR count). The molecule has 0 saturated heterocycles. The van der Waals surface area contributed by atoms with Gasteiger partial charge < -0.3 is 10.1 Å². The highest BCUT2D eigenvalue weighted by Crippen LogP contribution is 2.54. The second-order valence-electron chi connectivity index (χ2n) is 5.99. The number of hydrogen-bond acceptors (Lipinski definition) is 3. The van der Waals surface area contributed by atoms with Gasteiger partial charge in [-0.2, -0.15) is 11.3 Å². The van der Waals surface area contributed by atoms with Crippen molar-refractivity contribution in [2.75, 3.05) is 13.6 Å². The van der Waals surface area contributed by atoms with Crippen LogP contribution < -0.4 is 10.1 Å². The number of likely N-dealkylation sites (N-methyl/N-ethyl adjacent to an activating group) is 1. The van der Waals surface area contributed by atoms with E-state index >= 15 is 0 Å². The molecule has 22 heavy (non-hydrogen) atoms. The third kappa shape index (κ3) is 2.31. The summed E-state index contributed by atoms with van der Waals surface area (Å²) in [6.07, 6.45) is 1.08. The molecule has 1 aliphatic carbocycles. The molecule has 0 bridgehead atoms. The molecule has 2 aromatic carbocycles. The van der Waals surface area contributed by atoms with Gasteiger partial charge in [-0.05, 0) is 47.3 Å². The van der Waals surface area contributed by atoms with Crippen molar-refractivity contribution in [2.24, 2.45) is 0 Å². The SMILES string of the molecule is CNC[C@@]1(Oc2cccc3ccccc23)C[C@@H]1c1ccsc1. The zero-order valence-corrected chi connectivity index (χ0v) is 13.4. The van der Waals surface area contributed by atoms with Gasteiger partial charge in [0.2, 0.25) is 0 Å². The average Bonchev–Trinajstić information content (AvgIpc) is 2.99. The highest BCUT2D eigenvalue weighted by molar-refractivity contribution is 7.08. The lowest BCUT2D eigenvalue weighted by atomic mass is 10.1. The number of thiophene rings is 1. The van der Waals surface area contributed by atoms with Crippen molar-refractivity contribution in [1.82, 2.24) is 5.32 Å². The molecule has 0 amide bonds. The van der Waals surface area contributed by atoms with Gasteiger partial charge in [-0.3, -0.25) is 0 Å². The normalized spacial score (nSPS) is 23.6. The van der Waals surface area contributed by atoms with Gasteiger partial charge in [0.15, 0.2) is 0 Å². The van der Waals surface area contributed by atoms with Gasteiger partial charge in [-0.1, -0.05) is 36.4 Å². The Morgan fingerprint density at radius 1 is 1.18 bits per heavy atom. The quantitative estimate of drug-likeness (QED) is 0.753. The summed E-state index contributed by atoms with van der Waals surface area (Å²) in [6.45, 7) is 0.872. The Morgan fingerprint density at radius 3 is 2.86 bits per heavy atom. The minimum absolute atomic E-state index is 0.111. The number of benzene rings is 2. The fraction of sp³-hybridized carbons (Fsp3) is 0.263. The average molecular weight is 309 g/mol. The highest BCUT2D eigenvalue weighted by atomic mass is 32.1. The summed E-state index contributed by atoms with van der Waals surface area (Å²) in [5.41, 5.74) is 1.29. The Labute approximate surface area is 134 Å². The van der Waals surface area contributed by atoms with E-state index in [1.165, 1.54) is 16.3 Å². The van der Waals surface area contributed by atoms with Crippen LogP contribution in [0.2, 0.25) is 0 Å². The number of fused-ring (bicyclic) bond motifs is 1. The van der Waals surface area contributed by atoms with Gasteiger partial charge in [0.25, 0.3) is 0 Å².